The average molecular weight is 308 g/mol. The lowest BCUT2D eigenvalue weighted by Gasteiger charge is -2.25. The maximum atomic E-state index is 5.34. The van der Waals surface area contributed by atoms with E-state index in [1.165, 1.54) is 5.56 Å². The Morgan fingerprint density at radius 2 is 2.06 bits per heavy atom. The second-order valence-corrected chi connectivity index (χ2v) is 5.04. The van der Waals surface area contributed by atoms with Crippen molar-refractivity contribution in [1.29, 1.82) is 0 Å². The monoisotopic (exact) mass is 307 g/mol. The first-order chi connectivity index (χ1) is 7.74. The van der Waals surface area contributed by atoms with Gasteiger partial charge in [-0.1, -0.05) is 6.92 Å². The molecule has 1 aromatic rings. The number of hydrogen-bond acceptors (Lipinski definition) is 4. The molecular weight excluding hydrogens is 290 g/mol. The molecule has 16 heavy (non-hydrogen) atoms. The quantitative estimate of drug-likeness (QED) is 0.785. The minimum atomic E-state index is -0.266. The van der Waals surface area contributed by atoms with Crippen LogP contribution in [-0.2, 0) is 9.47 Å². The molecule has 0 aliphatic heterocycles. The Morgan fingerprint density at radius 3 is 2.50 bits per heavy atom. The van der Waals surface area contributed by atoms with Crippen molar-refractivity contribution in [2.24, 2.45) is 0 Å². The number of halogens is 1. The van der Waals surface area contributed by atoms with Crippen molar-refractivity contribution < 1.29 is 9.47 Å². The minimum absolute atomic E-state index is 0.0653. The van der Waals surface area contributed by atoms with Gasteiger partial charge in [-0.2, -0.15) is 11.3 Å². The molecule has 0 radical (unpaired) electrons. The first kappa shape index (κ1) is 14.1. The Morgan fingerprint density at radius 1 is 1.38 bits per heavy atom. The van der Waals surface area contributed by atoms with E-state index in [0.29, 0.717) is 0 Å². The average Bonchev–Trinajstić information content (AvgIpc) is 2.71. The molecule has 0 spiro atoms. The minimum Gasteiger partial charge on any atom is -0.354 e. The molecule has 0 aliphatic rings. The van der Waals surface area contributed by atoms with Crippen LogP contribution in [0.3, 0.4) is 0 Å². The topological polar surface area (TPSA) is 30.5 Å². The Hall–Kier alpha value is 0.0600. The maximum Gasteiger partial charge on any atom is 0.176 e. The van der Waals surface area contributed by atoms with Crippen LogP contribution in [0.1, 0.15) is 24.9 Å². The summed E-state index contributed by atoms with van der Waals surface area (Å²) in [5, 5.41) is 7.62. The fraction of sp³-hybridized carbons (Fsp3) is 0.636. The highest BCUT2D eigenvalue weighted by Gasteiger charge is 2.24. The van der Waals surface area contributed by atoms with E-state index < -0.39 is 0 Å². The highest BCUT2D eigenvalue weighted by molar-refractivity contribution is 9.10. The molecule has 3 nitrogen and oxygen atoms in total. The number of rotatable bonds is 7. The smallest absolute Gasteiger partial charge is 0.176 e. The summed E-state index contributed by atoms with van der Waals surface area (Å²) in [5.41, 5.74) is 1.19. The van der Waals surface area contributed by atoms with Crippen LogP contribution in [0.5, 0.6) is 0 Å². The molecule has 92 valence electrons. The standard InChI is InChI=1S/C11H18BrNO2S/c1-4-5-13-10(11(14-2)15-3)8-6-16-7-9(8)12/h6-7,10-11,13H,4-5H2,1-3H3. The normalized spacial score (nSPS) is 13.3. The molecule has 0 aliphatic carbocycles. The number of methoxy groups -OCH3 is 2. The number of thiophene rings is 1. The Balaban J connectivity index is 2.82. The third-order valence-corrected chi connectivity index (χ3v) is 4.08. The molecule has 0 aromatic carbocycles. The lowest BCUT2D eigenvalue weighted by atomic mass is 10.1. The summed E-state index contributed by atoms with van der Waals surface area (Å²) in [6.07, 6.45) is 0.816. The largest absolute Gasteiger partial charge is 0.354 e. The number of hydrogen-bond donors (Lipinski definition) is 1. The van der Waals surface area contributed by atoms with Crippen LogP contribution >= 0.6 is 27.3 Å². The summed E-state index contributed by atoms with van der Waals surface area (Å²) in [6.45, 7) is 3.08. The van der Waals surface area contributed by atoms with Crippen molar-refractivity contribution in [1.82, 2.24) is 5.32 Å². The summed E-state index contributed by atoms with van der Waals surface area (Å²) in [6, 6.07) is 0.0653. The van der Waals surface area contributed by atoms with Gasteiger partial charge in [0.1, 0.15) is 0 Å². The molecule has 1 rings (SSSR count). The zero-order valence-electron chi connectivity index (χ0n) is 9.83. The molecule has 0 saturated heterocycles. The van der Waals surface area contributed by atoms with E-state index in [-0.39, 0.29) is 12.3 Å². The second-order valence-electron chi connectivity index (χ2n) is 3.45. The molecule has 1 unspecified atom stereocenters. The van der Waals surface area contributed by atoms with Gasteiger partial charge in [0, 0.05) is 24.1 Å². The molecule has 0 fully saturated rings. The van der Waals surface area contributed by atoms with Gasteiger partial charge in [0.25, 0.3) is 0 Å². The van der Waals surface area contributed by atoms with Crippen LogP contribution in [0.2, 0.25) is 0 Å². The van der Waals surface area contributed by atoms with Crippen LogP contribution in [0.15, 0.2) is 15.2 Å². The molecule has 5 heteroatoms. The van der Waals surface area contributed by atoms with Crippen LogP contribution in [-0.4, -0.2) is 27.1 Å². The van der Waals surface area contributed by atoms with Gasteiger partial charge in [0.15, 0.2) is 6.29 Å². The van der Waals surface area contributed by atoms with Crippen molar-refractivity contribution in [2.75, 3.05) is 20.8 Å². The lowest BCUT2D eigenvalue weighted by molar-refractivity contribution is -0.124. The van der Waals surface area contributed by atoms with E-state index >= 15 is 0 Å². The number of ether oxygens (including phenoxy) is 2. The zero-order valence-corrected chi connectivity index (χ0v) is 12.2. The van der Waals surface area contributed by atoms with E-state index in [1.54, 1.807) is 25.6 Å². The first-order valence-electron chi connectivity index (χ1n) is 5.25. The highest BCUT2D eigenvalue weighted by Crippen LogP contribution is 2.30. The van der Waals surface area contributed by atoms with Gasteiger partial charge in [-0.25, -0.2) is 0 Å². The SMILES string of the molecule is CCCNC(c1cscc1Br)C(OC)OC. The van der Waals surface area contributed by atoms with E-state index in [0.717, 1.165) is 17.4 Å². The summed E-state index contributed by atoms with van der Waals surface area (Å²) in [7, 11) is 3.32. The van der Waals surface area contributed by atoms with Gasteiger partial charge in [0.05, 0.1) is 6.04 Å². The van der Waals surface area contributed by atoms with Gasteiger partial charge in [-0.3, -0.25) is 0 Å². The zero-order chi connectivity index (χ0) is 12.0. The van der Waals surface area contributed by atoms with Gasteiger partial charge in [-0.05, 0) is 39.8 Å². The number of nitrogens with one attached hydrogen (secondary N) is 1. The predicted octanol–water partition coefficient (Wildman–Crippen LogP) is 3.17. The van der Waals surface area contributed by atoms with Crippen molar-refractivity contribution in [3.05, 3.63) is 20.8 Å². The van der Waals surface area contributed by atoms with E-state index in [4.69, 9.17) is 9.47 Å². The van der Waals surface area contributed by atoms with Gasteiger partial charge in [0.2, 0.25) is 0 Å². The lowest BCUT2D eigenvalue weighted by Crippen LogP contribution is -2.35. The molecule has 1 N–H and O–H groups in total. The first-order valence-corrected chi connectivity index (χ1v) is 6.98. The van der Waals surface area contributed by atoms with Gasteiger partial charge in [-0.15, -0.1) is 0 Å². The van der Waals surface area contributed by atoms with Gasteiger partial charge < -0.3 is 14.8 Å². The molecule has 0 amide bonds. The predicted molar refractivity (Wildman–Crippen MR) is 70.9 cm³/mol. The molecule has 0 saturated carbocycles. The summed E-state index contributed by atoms with van der Waals surface area (Å²) < 4.78 is 11.8. The van der Waals surface area contributed by atoms with E-state index in [1.807, 2.05) is 0 Å². The van der Waals surface area contributed by atoms with Gasteiger partial charge >= 0.3 is 0 Å². The Kier molecular flexibility index (Phi) is 6.53. The molecule has 0 bridgehead atoms. The van der Waals surface area contributed by atoms with E-state index in [9.17, 15) is 0 Å². The van der Waals surface area contributed by atoms with Crippen LogP contribution in [0, 0.1) is 0 Å². The fourth-order valence-corrected chi connectivity index (χ4v) is 3.11. The Bertz CT molecular complexity index is 302. The molecule has 1 heterocycles. The van der Waals surface area contributed by atoms with Crippen molar-refractivity contribution in [3.8, 4) is 0 Å². The third kappa shape index (κ3) is 3.53. The fourth-order valence-electron chi connectivity index (χ4n) is 1.53. The maximum absolute atomic E-state index is 5.34. The van der Waals surface area contributed by atoms with Crippen LogP contribution in [0.4, 0.5) is 0 Å². The summed E-state index contributed by atoms with van der Waals surface area (Å²) in [5.74, 6) is 0. The molecule has 1 aromatic heterocycles. The second kappa shape index (κ2) is 7.40. The Labute approximate surface area is 109 Å². The highest BCUT2D eigenvalue weighted by atomic mass is 79.9. The van der Waals surface area contributed by atoms with Crippen molar-refractivity contribution in [2.45, 2.75) is 25.7 Å². The molecular formula is C11H18BrNO2S. The van der Waals surface area contributed by atoms with Crippen molar-refractivity contribution >= 4 is 27.3 Å². The summed E-state index contributed by atoms with van der Waals surface area (Å²) in [4.78, 5) is 0. The molecule has 1 atom stereocenters. The third-order valence-electron chi connectivity index (χ3n) is 2.33. The van der Waals surface area contributed by atoms with Crippen LogP contribution in [0.25, 0.3) is 0 Å². The van der Waals surface area contributed by atoms with E-state index in [2.05, 4.69) is 38.9 Å². The summed E-state index contributed by atoms with van der Waals surface area (Å²) >= 11 is 5.21. The van der Waals surface area contributed by atoms with Crippen molar-refractivity contribution in [3.63, 3.8) is 0 Å². The van der Waals surface area contributed by atoms with Crippen LogP contribution < -0.4 is 5.32 Å².